The third kappa shape index (κ3) is 2.93. The van der Waals surface area contributed by atoms with Crippen molar-refractivity contribution >= 4 is 5.82 Å². The highest BCUT2D eigenvalue weighted by molar-refractivity contribution is 5.72. The van der Waals surface area contributed by atoms with E-state index in [1.165, 1.54) is 6.33 Å². The first-order valence-electron chi connectivity index (χ1n) is 6.03. The van der Waals surface area contributed by atoms with Crippen LogP contribution in [0.2, 0.25) is 0 Å². The quantitative estimate of drug-likeness (QED) is 0.913. The van der Waals surface area contributed by atoms with Gasteiger partial charge in [-0.1, -0.05) is 12.1 Å². The summed E-state index contributed by atoms with van der Waals surface area (Å²) in [6.07, 6.45) is 1.54. The van der Waals surface area contributed by atoms with Crippen molar-refractivity contribution in [2.24, 2.45) is 0 Å². The predicted octanol–water partition coefficient (Wildman–Crippen LogP) is 2.52. The number of methoxy groups -OCH3 is 1. The standard InChI is InChI=1S/C14H17N3O2/c1-9(2)19-11-6-4-5-10(7-11)12-13(18-3)14(15)17-8-16-12/h4-9H,1-3H3,(H2,15,16,17). The predicted molar refractivity (Wildman–Crippen MR) is 74.2 cm³/mol. The summed E-state index contributed by atoms with van der Waals surface area (Å²) in [5.74, 6) is 1.58. The number of nitrogens with zero attached hydrogens (tertiary/aromatic N) is 2. The van der Waals surface area contributed by atoms with Crippen molar-refractivity contribution in [2.45, 2.75) is 20.0 Å². The molecular weight excluding hydrogens is 242 g/mol. The van der Waals surface area contributed by atoms with Gasteiger partial charge in [0.15, 0.2) is 11.6 Å². The number of rotatable bonds is 4. The van der Waals surface area contributed by atoms with E-state index in [0.717, 1.165) is 11.3 Å². The van der Waals surface area contributed by atoms with Gasteiger partial charge in [-0.3, -0.25) is 0 Å². The lowest BCUT2D eigenvalue weighted by Crippen LogP contribution is -2.05. The highest BCUT2D eigenvalue weighted by Crippen LogP contribution is 2.32. The highest BCUT2D eigenvalue weighted by atomic mass is 16.5. The monoisotopic (exact) mass is 259 g/mol. The van der Waals surface area contributed by atoms with Gasteiger partial charge in [0.25, 0.3) is 0 Å². The van der Waals surface area contributed by atoms with Crippen LogP contribution in [0, 0.1) is 0 Å². The normalized spacial score (nSPS) is 10.5. The van der Waals surface area contributed by atoms with Crippen molar-refractivity contribution in [1.82, 2.24) is 9.97 Å². The lowest BCUT2D eigenvalue weighted by atomic mass is 10.1. The minimum absolute atomic E-state index is 0.118. The number of nitrogen functional groups attached to an aromatic ring is 1. The second kappa shape index (κ2) is 5.56. The number of nitrogens with two attached hydrogens (primary N) is 1. The zero-order chi connectivity index (χ0) is 13.8. The number of ether oxygens (including phenoxy) is 2. The first-order chi connectivity index (χ1) is 9.11. The number of aromatic nitrogens is 2. The average molecular weight is 259 g/mol. The molecule has 0 aliphatic carbocycles. The molecule has 1 heterocycles. The molecule has 2 rings (SSSR count). The van der Waals surface area contributed by atoms with Crippen LogP contribution in [0.5, 0.6) is 11.5 Å². The molecule has 1 aromatic heterocycles. The number of anilines is 1. The molecule has 0 fully saturated rings. The van der Waals surface area contributed by atoms with Gasteiger partial charge >= 0.3 is 0 Å². The zero-order valence-electron chi connectivity index (χ0n) is 11.3. The molecule has 0 saturated heterocycles. The molecule has 2 aromatic rings. The molecule has 0 amide bonds. The Hall–Kier alpha value is -2.30. The molecule has 0 spiro atoms. The van der Waals surface area contributed by atoms with E-state index >= 15 is 0 Å². The van der Waals surface area contributed by atoms with Crippen molar-refractivity contribution in [2.75, 3.05) is 12.8 Å². The molecule has 0 bridgehead atoms. The van der Waals surface area contributed by atoms with Gasteiger partial charge in [0, 0.05) is 5.56 Å². The Kier molecular flexibility index (Phi) is 3.85. The number of hydrogen-bond donors (Lipinski definition) is 1. The van der Waals surface area contributed by atoms with Gasteiger partial charge in [0.05, 0.1) is 13.2 Å². The maximum atomic E-state index is 5.78. The van der Waals surface area contributed by atoms with Crippen LogP contribution in [-0.4, -0.2) is 23.2 Å². The van der Waals surface area contributed by atoms with Gasteiger partial charge in [-0.2, -0.15) is 0 Å². The molecule has 0 aliphatic heterocycles. The Bertz CT molecular complexity index is 570. The molecule has 100 valence electrons. The molecule has 19 heavy (non-hydrogen) atoms. The zero-order valence-corrected chi connectivity index (χ0v) is 11.3. The molecule has 0 unspecified atom stereocenters. The first-order valence-corrected chi connectivity index (χ1v) is 6.03. The Morgan fingerprint density at radius 3 is 2.68 bits per heavy atom. The molecule has 0 saturated carbocycles. The van der Waals surface area contributed by atoms with E-state index in [2.05, 4.69) is 9.97 Å². The maximum Gasteiger partial charge on any atom is 0.187 e. The molecule has 5 nitrogen and oxygen atoms in total. The van der Waals surface area contributed by atoms with E-state index in [1.54, 1.807) is 7.11 Å². The average Bonchev–Trinajstić information content (AvgIpc) is 2.38. The third-order valence-electron chi connectivity index (χ3n) is 2.51. The van der Waals surface area contributed by atoms with Gasteiger partial charge in [0.2, 0.25) is 0 Å². The fourth-order valence-corrected chi connectivity index (χ4v) is 1.78. The Balaban J connectivity index is 2.44. The summed E-state index contributed by atoms with van der Waals surface area (Å²) in [7, 11) is 1.55. The Morgan fingerprint density at radius 1 is 1.21 bits per heavy atom. The minimum Gasteiger partial charge on any atom is -0.491 e. The summed E-state index contributed by atoms with van der Waals surface area (Å²) in [4.78, 5) is 8.15. The third-order valence-corrected chi connectivity index (χ3v) is 2.51. The van der Waals surface area contributed by atoms with Crippen LogP contribution in [-0.2, 0) is 0 Å². The van der Waals surface area contributed by atoms with Crippen LogP contribution in [0.25, 0.3) is 11.3 Å². The first kappa shape index (κ1) is 13.1. The summed E-state index contributed by atoms with van der Waals surface area (Å²) in [6.45, 7) is 3.96. The van der Waals surface area contributed by atoms with Crippen LogP contribution in [0.1, 0.15) is 13.8 Å². The van der Waals surface area contributed by atoms with Crippen LogP contribution in [0.3, 0.4) is 0 Å². The number of benzene rings is 1. The molecule has 2 N–H and O–H groups in total. The summed E-state index contributed by atoms with van der Waals surface area (Å²) in [5, 5.41) is 0. The van der Waals surface area contributed by atoms with E-state index in [9.17, 15) is 0 Å². The summed E-state index contributed by atoms with van der Waals surface area (Å²) in [5.41, 5.74) is 7.32. The van der Waals surface area contributed by atoms with Crippen molar-refractivity contribution in [3.8, 4) is 22.8 Å². The largest absolute Gasteiger partial charge is 0.491 e. The molecule has 0 atom stereocenters. The van der Waals surface area contributed by atoms with E-state index in [0.29, 0.717) is 17.3 Å². The maximum absolute atomic E-state index is 5.78. The highest BCUT2D eigenvalue weighted by Gasteiger charge is 2.12. The second-order valence-electron chi connectivity index (χ2n) is 4.34. The van der Waals surface area contributed by atoms with Crippen molar-refractivity contribution in [3.05, 3.63) is 30.6 Å². The van der Waals surface area contributed by atoms with E-state index in [-0.39, 0.29) is 6.10 Å². The minimum atomic E-state index is 0.118. The fourth-order valence-electron chi connectivity index (χ4n) is 1.78. The summed E-state index contributed by atoms with van der Waals surface area (Å²) < 4.78 is 10.9. The topological polar surface area (TPSA) is 70.3 Å². The second-order valence-corrected chi connectivity index (χ2v) is 4.34. The van der Waals surface area contributed by atoms with Gasteiger partial charge in [-0.25, -0.2) is 9.97 Å². The van der Waals surface area contributed by atoms with Crippen LogP contribution >= 0.6 is 0 Å². The van der Waals surface area contributed by atoms with Gasteiger partial charge in [-0.05, 0) is 26.0 Å². The molecule has 0 radical (unpaired) electrons. The lowest BCUT2D eigenvalue weighted by Gasteiger charge is -2.12. The smallest absolute Gasteiger partial charge is 0.187 e. The van der Waals surface area contributed by atoms with Gasteiger partial charge in [-0.15, -0.1) is 0 Å². The van der Waals surface area contributed by atoms with Crippen molar-refractivity contribution in [1.29, 1.82) is 0 Å². The van der Waals surface area contributed by atoms with Crippen molar-refractivity contribution in [3.63, 3.8) is 0 Å². The van der Waals surface area contributed by atoms with Gasteiger partial charge < -0.3 is 15.2 Å². The summed E-state index contributed by atoms with van der Waals surface area (Å²) >= 11 is 0. The van der Waals surface area contributed by atoms with Gasteiger partial charge in [0.1, 0.15) is 17.8 Å². The van der Waals surface area contributed by atoms with E-state index < -0.39 is 0 Å². The van der Waals surface area contributed by atoms with Crippen LogP contribution in [0.15, 0.2) is 30.6 Å². The summed E-state index contributed by atoms with van der Waals surface area (Å²) in [6, 6.07) is 7.65. The molecule has 0 aliphatic rings. The SMILES string of the molecule is COc1c(N)ncnc1-c1cccc(OC(C)C)c1. The van der Waals surface area contributed by atoms with Crippen molar-refractivity contribution < 1.29 is 9.47 Å². The molecule has 5 heteroatoms. The number of hydrogen-bond acceptors (Lipinski definition) is 5. The Morgan fingerprint density at radius 2 is 2.00 bits per heavy atom. The molecular formula is C14H17N3O2. The lowest BCUT2D eigenvalue weighted by molar-refractivity contribution is 0.242. The Labute approximate surface area is 112 Å². The van der Waals surface area contributed by atoms with Crippen LogP contribution in [0.4, 0.5) is 5.82 Å². The molecule has 1 aromatic carbocycles. The van der Waals surface area contributed by atoms with E-state index in [1.807, 2.05) is 38.1 Å². The fraction of sp³-hybridized carbons (Fsp3) is 0.286. The van der Waals surface area contributed by atoms with Crippen LogP contribution < -0.4 is 15.2 Å². The van der Waals surface area contributed by atoms with E-state index in [4.69, 9.17) is 15.2 Å².